The standard InChI is InChI=1S/C14H14N6O/c15-14(3-1-4-14)13-18-12(21-19-13)10-2-5-17-11(8-10)20-7-6-16-9-20/h2,5-9H,1,3-4,15H2. The molecule has 0 amide bonds. The minimum absolute atomic E-state index is 0.415. The van der Waals surface area contributed by atoms with Gasteiger partial charge in [0.15, 0.2) is 5.82 Å². The van der Waals surface area contributed by atoms with Gasteiger partial charge in [-0.1, -0.05) is 5.16 Å². The summed E-state index contributed by atoms with van der Waals surface area (Å²) in [5.41, 5.74) is 6.61. The summed E-state index contributed by atoms with van der Waals surface area (Å²) in [5.74, 6) is 1.80. The summed E-state index contributed by atoms with van der Waals surface area (Å²) >= 11 is 0. The third kappa shape index (κ3) is 2.02. The Hall–Kier alpha value is -2.54. The molecule has 1 fully saturated rings. The van der Waals surface area contributed by atoms with Crippen LogP contribution in [0.25, 0.3) is 17.3 Å². The van der Waals surface area contributed by atoms with E-state index in [1.807, 2.05) is 22.9 Å². The normalized spacial score (nSPS) is 16.6. The van der Waals surface area contributed by atoms with E-state index in [0.717, 1.165) is 30.6 Å². The third-order valence-corrected chi connectivity index (χ3v) is 3.88. The molecule has 3 aromatic rings. The molecular weight excluding hydrogens is 268 g/mol. The van der Waals surface area contributed by atoms with Gasteiger partial charge in [-0.3, -0.25) is 4.57 Å². The van der Waals surface area contributed by atoms with Crippen molar-refractivity contribution in [1.29, 1.82) is 0 Å². The van der Waals surface area contributed by atoms with Gasteiger partial charge in [0, 0.05) is 24.2 Å². The summed E-state index contributed by atoms with van der Waals surface area (Å²) in [6.07, 6.45) is 9.85. The summed E-state index contributed by atoms with van der Waals surface area (Å²) in [5, 5.41) is 4.03. The highest BCUT2D eigenvalue weighted by Gasteiger charge is 2.39. The van der Waals surface area contributed by atoms with E-state index in [4.69, 9.17) is 10.3 Å². The molecule has 2 N–H and O–H groups in total. The highest BCUT2D eigenvalue weighted by molar-refractivity contribution is 5.55. The lowest BCUT2D eigenvalue weighted by Gasteiger charge is -2.34. The molecule has 0 atom stereocenters. The Labute approximate surface area is 120 Å². The maximum absolute atomic E-state index is 6.21. The molecule has 0 saturated heterocycles. The third-order valence-electron chi connectivity index (χ3n) is 3.88. The minimum atomic E-state index is -0.415. The van der Waals surface area contributed by atoms with Crippen molar-refractivity contribution in [1.82, 2.24) is 24.7 Å². The fourth-order valence-electron chi connectivity index (χ4n) is 2.41. The van der Waals surface area contributed by atoms with E-state index < -0.39 is 5.54 Å². The van der Waals surface area contributed by atoms with Gasteiger partial charge >= 0.3 is 0 Å². The average molecular weight is 282 g/mol. The molecule has 0 aromatic carbocycles. The first-order chi connectivity index (χ1) is 10.2. The van der Waals surface area contributed by atoms with E-state index in [-0.39, 0.29) is 0 Å². The molecule has 1 aliphatic rings. The van der Waals surface area contributed by atoms with Crippen molar-refractivity contribution >= 4 is 0 Å². The molecule has 4 rings (SSSR count). The highest BCUT2D eigenvalue weighted by atomic mass is 16.5. The van der Waals surface area contributed by atoms with Crippen LogP contribution in [-0.2, 0) is 5.54 Å². The number of imidazole rings is 1. The summed E-state index contributed by atoms with van der Waals surface area (Å²) in [6, 6.07) is 3.71. The Bertz CT molecular complexity index is 759. The van der Waals surface area contributed by atoms with Crippen LogP contribution in [0.5, 0.6) is 0 Å². The molecule has 0 unspecified atom stereocenters. The van der Waals surface area contributed by atoms with Crippen LogP contribution in [0, 0.1) is 0 Å². The molecule has 0 bridgehead atoms. The van der Waals surface area contributed by atoms with Gasteiger partial charge in [-0.05, 0) is 31.4 Å². The quantitative estimate of drug-likeness (QED) is 0.784. The van der Waals surface area contributed by atoms with Gasteiger partial charge < -0.3 is 10.3 Å². The summed E-state index contributed by atoms with van der Waals surface area (Å²) in [7, 11) is 0. The van der Waals surface area contributed by atoms with Gasteiger partial charge in [0.1, 0.15) is 12.1 Å². The zero-order valence-electron chi connectivity index (χ0n) is 11.3. The lowest BCUT2D eigenvalue weighted by molar-refractivity contribution is 0.229. The Balaban J connectivity index is 1.69. The predicted molar refractivity (Wildman–Crippen MR) is 74.4 cm³/mol. The lowest BCUT2D eigenvalue weighted by atomic mass is 9.77. The second-order valence-corrected chi connectivity index (χ2v) is 5.31. The molecule has 7 heteroatoms. The lowest BCUT2D eigenvalue weighted by Crippen LogP contribution is -2.44. The van der Waals surface area contributed by atoms with Crippen LogP contribution in [0.2, 0.25) is 0 Å². The van der Waals surface area contributed by atoms with Crippen molar-refractivity contribution in [3.8, 4) is 17.3 Å². The van der Waals surface area contributed by atoms with E-state index in [1.165, 1.54) is 0 Å². The number of rotatable bonds is 3. The first kappa shape index (κ1) is 12.2. The van der Waals surface area contributed by atoms with E-state index in [1.54, 1.807) is 18.7 Å². The largest absolute Gasteiger partial charge is 0.334 e. The first-order valence-electron chi connectivity index (χ1n) is 6.82. The van der Waals surface area contributed by atoms with Crippen molar-refractivity contribution in [2.24, 2.45) is 5.73 Å². The molecule has 3 heterocycles. The van der Waals surface area contributed by atoms with Gasteiger partial charge in [-0.2, -0.15) is 4.98 Å². The van der Waals surface area contributed by atoms with Gasteiger partial charge in [0.25, 0.3) is 5.89 Å². The summed E-state index contributed by atoms with van der Waals surface area (Å²) in [6.45, 7) is 0. The van der Waals surface area contributed by atoms with Crippen LogP contribution in [-0.4, -0.2) is 24.7 Å². The summed E-state index contributed by atoms with van der Waals surface area (Å²) < 4.78 is 7.17. The first-order valence-corrected chi connectivity index (χ1v) is 6.82. The van der Waals surface area contributed by atoms with E-state index >= 15 is 0 Å². The number of nitrogens with zero attached hydrogens (tertiary/aromatic N) is 5. The number of nitrogens with two attached hydrogens (primary N) is 1. The van der Waals surface area contributed by atoms with Crippen molar-refractivity contribution in [3.63, 3.8) is 0 Å². The number of hydrogen-bond donors (Lipinski definition) is 1. The number of aromatic nitrogens is 5. The minimum Gasteiger partial charge on any atom is -0.334 e. The number of hydrogen-bond acceptors (Lipinski definition) is 6. The van der Waals surface area contributed by atoms with Crippen molar-refractivity contribution in [2.75, 3.05) is 0 Å². The van der Waals surface area contributed by atoms with Crippen LogP contribution in [0.4, 0.5) is 0 Å². The molecule has 21 heavy (non-hydrogen) atoms. The maximum atomic E-state index is 6.21. The molecule has 0 aliphatic heterocycles. The van der Waals surface area contributed by atoms with Crippen molar-refractivity contribution < 1.29 is 4.52 Å². The van der Waals surface area contributed by atoms with Crippen molar-refractivity contribution in [3.05, 3.63) is 42.9 Å². The Kier molecular flexibility index (Phi) is 2.61. The molecule has 1 aliphatic carbocycles. The monoisotopic (exact) mass is 282 g/mol. The molecule has 7 nitrogen and oxygen atoms in total. The second kappa shape index (κ2) is 4.49. The molecule has 0 radical (unpaired) electrons. The second-order valence-electron chi connectivity index (χ2n) is 5.31. The summed E-state index contributed by atoms with van der Waals surface area (Å²) in [4.78, 5) is 12.8. The van der Waals surface area contributed by atoms with Gasteiger partial charge in [0.05, 0.1) is 5.54 Å². The molecule has 1 saturated carbocycles. The molecule has 106 valence electrons. The zero-order chi connectivity index (χ0) is 14.3. The highest BCUT2D eigenvalue weighted by Crippen LogP contribution is 2.37. The Morgan fingerprint density at radius 3 is 2.90 bits per heavy atom. The fraction of sp³-hybridized carbons (Fsp3) is 0.286. The van der Waals surface area contributed by atoms with Gasteiger partial charge in [-0.25, -0.2) is 9.97 Å². The van der Waals surface area contributed by atoms with Crippen LogP contribution < -0.4 is 5.73 Å². The molecule has 3 aromatic heterocycles. The topological polar surface area (TPSA) is 95.7 Å². The van der Waals surface area contributed by atoms with E-state index in [9.17, 15) is 0 Å². The predicted octanol–water partition coefficient (Wildman–Crippen LogP) is 1.66. The molecular formula is C14H14N6O. The van der Waals surface area contributed by atoms with E-state index in [0.29, 0.717) is 11.7 Å². The van der Waals surface area contributed by atoms with Crippen LogP contribution in [0.15, 0.2) is 41.6 Å². The SMILES string of the molecule is NC1(c2noc(-c3ccnc(-n4ccnc4)c3)n2)CCC1. The van der Waals surface area contributed by atoms with Gasteiger partial charge in [-0.15, -0.1) is 0 Å². The molecule has 0 spiro atoms. The Morgan fingerprint density at radius 1 is 1.29 bits per heavy atom. The fourth-order valence-corrected chi connectivity index (χ4v) is 2.41. The van der Waals surface area contributed by atoms with Crippen LogP contribution in [0.1, 0.15) is 25.1 Å². The van der Waals surface area contributed by atoms with Crippen LogP contribution >= 0.6 is 0 Å². The smallest absolute Gasteiger partial charge is 0.258 e. The van der Waals surface area contributed by atoms with Crippen LogP contribution in [0.3, 0.4) is 0 Å². The zero-order valence-corrected chi connectivity index (χ0v) is 11.3. The van der Waals surface area contributed by atoms with Gasteiger partial charge in [0.2, 0.25) is 0 Å². The average Bonchev–Trinajstić information content (AvgIpc) is 3.16. The van der Waals surface area contributed by atoms with E-state index in [2.05, 4.69) is 20.1 Å². The maximum Gasteiger partial charge on any atom is 0.258 e. The number of pyridine rings is 1. The Morgan fingerprint density at radius 2 is 2.19 bits per heavy atom. The van der Waals surface area contributed by atoms with Crippen molar-refractivity contribution in [2.45, 2.75) is 24.8 Å².